The summed E-state index contributed by atoms with van der Waals surface area (Å²) in [6.45, 7) is 5.68. The number of aromatic nitrogens is 4. The van der Waals surface area contributed by atoms with Gasteiger partial charge in [-0.2, -0.15) is 26.9 Å². The molecule has 10 nitrogen and oxygen atoms in total. The number of halogens is 3. The molecule has 37 heavy (non-hydrogen) atoms. The molecule has 0 aliphatic carbocycles. The Balaban J connectivity index is 0.000000695. The molecule has 0 radical (unpaired) electrons. The lowest BCUT2D eigenvalue weighted by Crippen LogP contribution is -2.13. The van der Waals surface area contributed by atoms with Gasteiger partial charge in [-0.25, -0.2) is 9.97 Å². The van der Waals surface area contributed by atoms with Gasteiger partial charge in [-0.3, -0.25) is 4.55 Å². The number of nitrogens with one attached hydrogen (secondary N) is 1. The van der Waals surface area contributed by atoms with Crippen LogP contribution in [-0.4, -0.2) is 46.4 Å². The van der Waals surface area contributed by atoms with Crippen molar-refractivity contribution in [1.82, 2.24) is 20.1 Å². The predicted octanol–water partition coefficient (Wildman–Crippen LogP) is 4.98. The SMILES string of the molecule is COc1cc(-c2ccccc2C(F)(F)F)nc2nc(-c3onc(C(C)(C)C)c3C#N)[nH]c12.CS(=O)(=O)O. The second-order valence-electron chi connectivity index (χ2n) is 8.87. The fourth-order valence-corrected chi connectivity index (χ4v) is 3.39. The second-order valence-corrected chi connectivity index (χ2v) is 10.3. The van der Waals surface area contributed by atoms with Crippen molar-refractivity contribution in [2.45, 2.75) is 32.4 Å². The third-order valence-electron chi connectivity index (χ3n) is 4.88. The number of ether oxygens (including phenoxy) is 1. The van der Waals surface area contributed by atoms with Gasteiger partial charge in [0.2, 0.25) is 5.76 Å². The summed E-state index contributed by atoms with van der Waals surface area (Å²) in [7, 11) is -2.28. The minimum Gasteiger partial charge on any atom is -0.494 e. The smallest absolute Gasteiger partial charge is 0.417 e. The standard InChI is InChI=1S/C22H18F3N5O2.CH4O3S/c1-21(2,3)18-12(10-26)17(32-30-18)20-28-16-15(31-4)9-14(27-19(16)29-20)11-7-5-6-8-13(11)22(23,24)25;1-5(2,3)4/h5-9H,1-4H3,(H,27,28,29);1H3,(H,2,3,4). The van der Waals surface area contributed by atoms with E-state index in [9.17, 15) is 26.9 Å². The Morgan fingerprint density at radius 3 is 2.32 bits per heavy atom. The van der Waals surface area contributed by atoms with Gasteiger partial charge >= 0.3 is 6.18 Å². The highest BCUT2D eigenvalue weighted by molar-refractivity contribution is 7.85. The molecule has 0 amide bonds. The molecular formula is C23H22F3N5O5S. The molecule has 0 unspecified atom stereocenters. The lowest BCUT2D eigenvalue weighted by atomic mass is 9.89. The Kier molecular flexibility index (Phi) is 7.34. The number of imidazole rings is 1. The molecule has 3 heterocycles. The van der Waals surface area contributed by atoms with Crippen LogP contribution in [0.1, 0.15) is 37.6 Å². The first-order chi connectivity index (χ1) is 17.0. The van der Waals surface area contributed by atoms with Gasteiger partial charge < -0.3 is 14.2 Å². The molecule has 196 valence electrons. The third-order valence-corrected chi connectivity index (χ3v) is 4.88. The molecule has 0 aliphatic heterocycles. The normalized spacial score (nSPS) is 12.1. The van der Waals surface area contributed by atoms with Crippen LogP contribution in [0.3, 0.4) is 0 Å². The Morgan fingerprint density at radius 1 is 1.16 bits per heavy atom. The van der Waals surface area contributed by atoms with Gasteiger partial charge in [0, 0.05) is 17.0 Å². The number of hydrogen-bond donors (Lipinski definition) is 2. The Bertz CT molecular complexity index is 1590. The van der Waals surface area contributed by atoms with E-state index >= 15 is 0 Å². The number of aromatic amines is 1. The zero-order chi connectivity index (χ0) is 27.8. The van der Waals surface area contributed by atoms with Gasteiger partial charge in [-0.1, -0.05) is 44.1 Å². The number of alkyl halides is 3. The minimum atomic E-state index is -4.55. The summed E-state index contributed by atoms with van der Waals surface area (Å²) in [5, 5.41) is 13.7. The topological polar surface area (TPSA) is 155 Å². The number of nitriles is 1. The molecule has 0 spiro atoms. The molecule has 14 heteroatoms. The first kappa shape index (κ1) is 27.6. The maximum atomic E-state index is 13.5. The summed E-state index contributed by atoms with van der Waals surface area (Å²) < 4.78 is 77.2. The van der Waals surface area contributed by atoms with Crippen LogP contribution in [0.4, 0.5) is 13.2 Å². The van der Waals surface area contributed by atoms with E-state index in [1.54, 1.807) is 0 Å². The molecule has 0 atom stereocenters. The lowest BCUT2D eigenvalue weighted by Gasteiger charge is -2.13. The summed E-state index contributed by atoms with van der Waals surface area (Å²) in [5.74, 6) is 0.538. The van der Waals surface area contributed by atoms with Crippen LogP contribution in [0.25, 0.3) is 34.0 Å². The highest BCUT2D eigenvalue weighted by atomic mass is 32.2. The zero-order valence-corrected chi connectivity index (χ0v) is 21.1. The van der Waals surface area contributed by atoms with E-state index in [0.29, 0.717) is 17.5 Å². The summed E-state index contributed by atoms with van der Waals surface area (Å²) in [4.78, 5) is 11.7. The number of fused-ring (bicyclic) bond motifs is 1. The number of nitrogens with zero attached hydrogens (tertiary/aromatic N) is 4. The molecule has 3 aromatic heterocycles. The predicted molar refractivity (Wildman–Crippen MR) is 127 cm³/mol. The van der Waals surface area contributed by atoms with Gasteiger partial charge in [-0.15, -0.1) is 0 Å². The van der Waals surface area contributed by atoms with Crippen LogP contribution in [0, 0.1) is 11.3 Å². The minimum absolute atomic E-state index is 0.0498. The van der Waals surface area contributed by atoms with Crippen molar-refractivity contribution >= 4 is 21.3 Å². The zero-order valence-electron chi connectivity index (χ0n) is 20.3. The highest BCUT2D eigenvalue weighted by Crippen LogP contribution is 2.39. The molecule has 0 saturated heterocycles. The van der Waals surface area contributed by atoms with E-state index < -0.39 is 27.3 Å². The number of hydrogen-bond acceptors (Lipinski definition) is 8. The molecular weight excluding hydrogens is 515 g/mol. The van der Waals surface area contributed by atoms with Crippen molar-refractivity contribution < 1.29 is 35.4 Å². The van der Waals surface area contributed by atoms with E-state index in [2.05, 4.69) is 26.2 Å². The summed E-state index contributed by atoms with van der Waals surface area (Å²) in [6, 6.07) is 8.64. The van der Waals surface area contributed by atoms with Crippen molar-refractivity contribution in [3.63, 3.8) is 0 Å². The van der Waals surface area contributed by atoms with E-state index in [0.717, 1.165) is 6.07 Å². The average molecular weight is 538 g/mol. The third kappa shape index (κ3) is 6.25. The Hall–Kier alpha value is -3.96. The van der Waals surface area contributed by atoms with Gasteiger partial charge in [0.1, 0.15) is 28.6 Å². The van der Waals surface area contributed by atoms with E-state index in [4.69, 9.17) is 13.8 Å². The molecule has 4 aromatic rings. The van der Waals surface area contributed by atoms with Gasteiger partial charge in [-0.05, 0) is 6.07 Å². The van der Waals surface area contributed by atoms with E-state index in [-0.39, 0.29) is 39.8 Å². The van der Waals surface area contributed by atoms with Crippen LogP contribution in [0.5, 0.6) is 5.75 Å². The van der Waals surface area contributed by atoms with Crippen molar-refractivity contribution in [2.24, 2.45) is 0 Å². The van der Waals surface area contributed by atoms with E-state index in [1.165, 1.54) is 31.4 Å². The maximum Gasteiger partial charge on any atom is 0.417 e. The van der Waals surface area contributed by atoms with Crippen LogP contribution in [0.2, 0.25) is 0 Å². The fraction of sp³-hybridized carbons (Fsp3) is 0.304. The molecule has 0 bridgehead atoms. The monoisotopic (exact) mass is 537 g/mol. The van der Waals surface area contributed by atoms with Gasteiger partial charge in [0.15, 0.2) is 11.5 Å². The summed E-state index contributed by atoms with van der Waals surface area (Å²) in [5.41, 5.74) is -0.151. The molecule has 0 saturated carbocycles. The average Bonchev–Trinajstić information content (AvgIpc) is 3.40. The van der Waals surface area contributed by atoms with Crippen molar-refractivity contribution in [3.8, 4) is 34.7 Å². The number of pyridine rings is 1. The molecule has 2 N–H and O–H groups in total. The molecule has 1 aromatic carbocycles. The highest BCUT2D eigenvalue weighted by Gasteiger charge is 2.34. The lowest BCUT2D eigenvalue weighted by molar-refractivity contribution is -0.137. The quantitative estimate of drug-likeness (QED) is 0.344. The largest absolute Gasteiger partial charge is 0.494 e. The van der Waals surface area contributed by atoms with Crippen LogP contribution in [0.15, 0.2) is 34.9 Å². The molecule has 0 fully saturated rings. The first-order valence-electron chi connectivity index (χ1n) is 10.5. The summed E-state index contributed by atoms with van der Waals surface area (Å²) >= 11 is 0. The molecule has 4 rings (SSSR count). The fourth-order valence-electron chi connectivity index (χ4n) is 3.39. The van der Waals surface area contributed by atoms with Crippen LogP contribution in [-0.2, 0) is 21.7 Å². The van der Waals surface area contributed by atoms with Crippen molar-refractivity contribution in [3.05, 3.63) is 47.2 Å². The van der Waals surface area contributed by atoms with Gasteiger partial charge in [0.25, 0.3) is 10.1 Å². The first-order valence-corrected chi connectivity index (χ1v) is 12.3. The van der Waals surface area contributed by atoms with Gasteiger partial charge in [0.05, 0.1) is 24.6 Å². The second kappa shape index (κ2) is 9.83. The van der Waals surface area contributed by atoms with Crippen LogP contribution < -0.4 is 4.74 Å². The van der Waals surface area contributed by atoms with Crippen molar-refractivity contribution in [2.75, 3.05) is 13.4 Å². The van der Waals surface area contributed by atoms with E-state index in [1.807, 2.05) is 20.8 Å². The number of rotatable bonds is 3. The molecule has 0 aliphatic rings. The number of benzene rings is 1. The maximum absolute atomic E-state index is 13.5. The van der Waals surface area contributed by atoms with Crippen LogP contribution >= 0.6 is 0 Å². The van der Waals surface area contributed by atoms with Crippen molar-refractivity contribution in [1.29, 1.82) is 5.26 Å². The summed E-state index contributed by atoms with van der Waals surface area (Å²) in [6.07, 6.45) is -3.84. The number of methoxy groups -OCH3 is 1. The Labute approximate surface area is 209 Å². The number of H-pyrrole nitrogens is 1. The Morgan fingerprint density at radius 2 is 1.78 bits per heavy atom.